The van der Waals surface area contributed by atoms with Gasteiger partial charge in [0.1, 0.15) is 22.5 Å². The zero-order valence-electron chi connectivity index (χ0n) is 28.4. The van der Waals surface area contributed by atoms with Gasteiger partial charge in [-0.2, -0.15) is 0 Å². The highest BCUT2D eigenvalue weighted by atomic mass is 32.1. The lowest BCUT2D eigenvalue weighted by Gasteiger charge is -2.35. The normalized spacial score (nSPS) is 23.2. The Morgan fingerprint density at radius 2 is 1.71 bits per heavy atom. The lowest BCUT2D eigenvalue weighted by Crippen LogP contribution is -2.55. The molecule has 5 atom stereocenters. The molecule has 2 aliphatic carbocycles. The highest BCUT2D eigenvalue weighted by molar-refractivity contribution is 7.10. The number of carbonyl (C=O) groups is 3. The minimum atomic E-state index is -0.546. The third kappa shape index (κ3) is 8.17. The summed E-state index contributed by atoms with van der Waals surface area (Å²) in [6.45, 7) is 2.43. The van der Waals surface area contributed by atoms with Gasteiger partial charge in [-0.05, 0) is 101 Å². The monoisotopic (exact) mass is 670 g/mol. The van der Waals surface area contributed by atoms with E-state index in [0.29, 0.717) is 23.7 Å². The molecule has 1 aromatic heterocycles. The van der Waals surface area contributed by atoms with Crippen molar-refractivity contribution >= 4 is 28.9 Å². The van der Waals surface area contributed by atoms with Crippen molar-refractivity contribution in [3.05, 3.63) is 81.8 Å². The van der Waals surface area contributed by atoms with Crippen LogP contribution in [-0.4, -0.2) is 59.3 Å². The quantitative estimate of drug-likeness (QED) is 0.165. The van der Waals surface area contributed by atoms with Crippen molar-refractivity contribution in [1.82, 2.24) is 20.5 Å². The summed E-state index contributed by atoms with van der Waals surface area (Å²) < 4.78 is 6.45. The number of nitrogens with one attached hydrogen (secondary N) is 2. The van der Waals surface area contributed by atoms with Crippen molar-refractivity contribution in [2.75, 3.05) is 13.6 Å². The molecule has 3 fully saturated rings. The number of aromatic nitrogens is 1. The molecule has 2 heterocycles. The van der Waals surface area contributed by atoms with Crippen LogP contribution in [0.4, 0.5) is 0 Å². The van der Waals surface area contributed by atoms with E-state index in [1.54, 1.807) is 7.05 Å². The molecule has 2 amide bonds. The first-order chi connectivity index (χ1) is 23.4. The summed E-state index contributed by atoms with van der Waals surface area (Å²) in [5, 5.41) is 8.69. The molecule has 1 aliphatic heterocycles. The van der Waals surface area contributed by atoms with Crippen LogP contribution in [0.5, 0.6) is 5.75 Å². The lowest BCUT2D eigenvalue weighted by molar-refractivity contribution is -0.139. The van der Waals surface area contributed by atoms with Crippen molar-refractivity contribution in [2.24, 2.45) is 5.92 Å². The van der Waals surface area contributed by atoms with Gasteiger partial charge in [-0.25, -0.2) is 4.98 Å². The summed E-state index contributed by atoms with van der Waals surface area (Å²) >= 11 is 1.44. The number of likely N-dealkylation sites (N-methyl/N-ethyl adjacent to an activating group) is 1. The van der Waals surface area contributed by atoms with Crippen LogP contribution in [0.3, 0.4) is 0 Å². The molecule has 8 nitrogen and oxygen atoms in total. The summed E-state index contributed by atoms with van der Waals surface area (Å²) in [7, 11) is 1.75. The fraction of sp³-hybridized carbons (Fsp3) is 0.538. The Morgan fingerprint density at radius 3 is 2.50 bits per heavy atom. The van der Waals surface area contributed by atoms with Gasteiger partial charge in [0.2, 0.25) is 17.6 Å². The number of amides is 2. The van der Waals surface area contributed by atoms with Crippen molar-refractivity contribution in [3.63, 3.8) is 0 Å². The maximum Gasteiger partial charge on any atom is 0.246 e. The predicted octanol–water partition coefficient (Wildman–Crippen LogP) is 7.21. The summed E-state index contributed by atoms with van der Waals surface area (Å²) in [5.41, 5.74) is 2.36. The molecule has 9 heteroatoms. The topological polar surface area (TPSA) is 101 Å². The molecule has 2 saturated carbocycles. The molecule has 0 spiro atoms. The number of nitrogens with zero attached hydrogens (tertiary/aromatic N) is 2. The highest BCUT2D eigenvalue weighted by Gasteiger charge is 2.40. The first-order valence-corrected chi connectivity index (χ1v) is 18.9. The smallest absolute Gasteiger partial charge is 0.246 e. The van der Waals surface area contributed by atoms with E-state index in [1.165, 1.54) is 29.7 Å². The number of thiazole rings is 1. The van der Waals surface area contributed by atoms with E-state index >= 15 is 0 Å². The number of hydrogen-bond acceptors (Lipinski definition) is 7. The predicted molar refractivity (Wildman–Crippen MR) is 189 cm³/mol. The molecule has 2 N–H and O–H groups in total. The highest BCUT2D eigenvalue weighted by Crippen LogP contribution is 2.37. The fourth-order valence-electron chi connectivity index (χ4n) is 7.76. The van der Waals surface area contributed by atoms with E-state index in [4.69, 9.17) is 9.72 Å². The van der Waals surface area contributed by atoms with Gasteiger partial charge in [0.15, 0.2) is 0 Å². The van der Waals surface area contributed by atoms with Crippen LogP contribution in [0.2, 0.25) is 0 Å². The van der Waals surface area contributed by atoms with Gasteiger partial charge in [-0.15, -0.1) is 11.3 Å². The SMILES string of the molecule is CN[C@@H](C)C(=O)N[C@H](C(=O)N1CCC[C@H]1c1nc(C(=O)c2cccc(OC3CCCC(c4ccccc4)CC3)c2)cs1)C1CCCCC1. The lowest BCUT2D eigenvalue weighted by atomic mass is 9.83. The van der Waals surface area contributed by atoms with Gasteiger partial charge in [-0.3, -0.25) is 14.4 Å². The second-order valence-corrected chi connectivity index (χ2v) is 14.8. The minimum absolute atomic E-state index is 0.0254. The number of likely N-dealkylation sites (tertiary alicyclic amines) is 1. The van der Waals surface area contributed by atoms with Crippen LogP contribution >= 0.6 is 11.3 Å². The third-order valence-electron chi connectivity index (χ3n) is 10.7. The molecular weight excluding hydrogens is 621 g/mol. The van der Waals surface area contributed by atoms with Crippen LogP contribution in [0.15, 0.2) is 60.0 Å². The largest absolute Gasteiger partial charge is 0.490 e. The van der Waals surface area contributed by atoms with E-state index in [1.807, 2.05) is 41.5 Å². The van der Waals surface area contributed by atoms with Crippen molar-refractivity contribution in [3.8, 4) is 5.75 Å². The number of rotatable bonds is 11. The van der Waals surface area contributed by atoms with E-state index in [2.05, 4.69) is 41.0 Å². The summed E-state index contributed by atoms with van der Waals surface area (Å²) in [6.07, 6.45) is 12.4. The molecule has 0 bridgehead atoms. The molecule has 2 unspecified atom stereocenters. The summed E-state index contributed by atoms with van der Waals surface area (Å²) in [6, 6.07) is 17.1. The fourth-order valence-corrected chi connectivity index (χ4v) is 8.71. The molecule has 256 valence electrons. The molecule has 1 saturated heterocycles. The van der Waals surface area contributed by atoms with Crippen LogP contribution in [0.1, 0.15) is 123 Å². The van der Waals surface area contributed by atoms with Crippen molar-refractivity contribution in [2.45, 2.75) is 114 Å². The Kier molecular flexibility index (Phi) is 11.6. The van der Waals surface area contributed by atoms with E-state index in [0.717, 1.165) is 75.0 Å². The molecule has 0 radical (unpaired) electrons. The van der Waals surface area contributed by atoms with Crippen molar-refractivity contribution < 1.29 is 19.1 Å². The molecule has 3 aromatic rings. The third-order valence-corrected chi connectivity index (χ3v) is 11.6. The van der Waals surface area contributed by atoms with Gasteiger partial charge in [0.05, 0.1) is 18.2 Å². The van der Waals surface area contributed by atoms with Crippen molar-refractivity contribution in [1.29, 1.82) is 0 Å². The van der Waals surface area contributed by atoms with Crippen LogP contribution in [-0.2, 0) is 9.59 Å². The number of benzene rings is 2. The van der Waals surface area contributed by atoms with Gasteiger partial charge in [0.25, 0.3) is 0 Å². The molecule has 48 heavy (non-hydrogen) atoms. The zero-order chi connectivity index (χ0) is 33.5. The Bertz CT molecular complexity index is 1540. The Hall–Kier alpha value is -3.56. The number of ether oxygens (including phenoxy) is 1. The standard InChI is InChI=1S/C39H50N4O4S/c1-26(40-2)37(45)42-35(29-14-7-4-8-15-29)39(46)43-23-11-20-34(43)38-41-33(25-48-38)36(44)30-17-10-19-32(24-30)47-31-18-9-16-28(21-22-31)27-12-5-3-6-13-27/h3,5-6,10,12-13,17,19,24-26,28-29,31,34-35,40H,4,7-9,11,14-16,18,20-23H2,1-2H3,(H,42,45)/t26-,28?,31?,34-,35-/m0/s1. The average molecular weight is 671 g/mol. The van der Waals surface area contributed by atoms with E-state index in [-0.39, 0.29) is 41.7 Å². The van der Waals surface area contributed by atoms with Crippen LogP contribution < -0.4 is 15.4 Å². The Morgan fingerprint density at radius 1 is 0.896 bits per heavy atom. The molecule has 6 rings (SSSR count). The van der Waals surface area contributed by atoms with Gasteiger partial charge >= 0.3 is 0 Å². The number of hydrogen-bond donors (Lipinski definition) is 2. The second-order valence-electron chi connectivity index (χ2n) is 13.9. The first-order valence-electron chi connectivity index (χ1n) is 18.0. The van der Waals surface area contributed by atoms with E-state index in [9.17, 15) is 14.4 Å². The maximum absolute atomic E-state index is 14.1. The minimum Gasteiger partial charge on any atom is -0.490 e. The number of carbonyl (C=O) groups excluding carboxylic acids is 3. The Balaban J connectivity index is 1.11. The molecule has 3 aliphatic rings. The average Bonchev–Trinajstić information content (AvgIpc) is 3.76. The summed E-state index contributed by atoms with van der Waals surface area (Å²) in [5.74, 6) is 1.10. The molecule has 2 aromatic carbocycles. The summed E-state index contributed by atoms with van der Waals surface area (Å²) in [4.78, 5) is 47.4. The maximum atomic E-state index is 14.1. The number of ketones is 1. The zero-order valence-corrected chi connectivity index (χ0v) is 29.2. The van der Waals surface area contributed by atoms with Gasteiger partial charge in [0, 0.05) is 17.5 Å². The van der Waals surface area contributed by atoms with Crippen LogP contribution in [0.25, 0.3) is 0 Å². The first kappa shape index (κ1) is 34.3. The van der Waals surface area contributed by atoms with Gasteiger partial charge < -0.3 is 20.3 Å². The Labute approximate surface area is 289 Å². The second kappa shape index (κ2) is 16.2. The molecular formula is C39H50N4O4S. The van der Waals surface area contributed by atoms with E-state index < -0.39 is 6.04 Å². The van der Waals surface area contributed by atoms with Gasteiger partial charge in [-0.1, -0.05) is 61.7 Å². The van der Waals surface area contributed by atoms with Crippen LogP contribution in [0, 0.1) is 5.92 Å².